The molecule has 0 atom stereocenters. The Bertz CT molecular complexity index is 524. The highest BCUT2D eigenvalue weighted by Gasteiger charge is 2.40. The van der Waals surface area contributed by atoms with E-state index < -0.39 is 0 Å². The van der Waals surface area contributed by atoms with Gasteiger partial charge in [0.05, 0.1) is 12.8 Å². The van der Waals surface area contributed by atoms with E-state index >= 15 is 0 Å². The van der Waals surface area contributed by atoms with Crippen molar-refractivity contribution in [1.29, 1.82) is 0 Å². The molecule has 1 aliphatic rings. The van der Waals surface area contributed by atoms with Gasteiger partial charge in [0.15, 0.2) is 0 Å². The third kappa shape index (κ3) is 2.97. The highest BCUT2D eigenvalue weighted by Crippen LogP contribution is 2.37. The molecule has 0 aliphatic heterocycles. The fraction of sp³-hybridized carbons (Fsp3) is 0.562. The number of anilines is 1. The molecule has 0 radical (unpaired) electrons. The molecule has 0 unspecified atom stereocenters. The predicted octanol–water partition coefficient (Wildman–Crippen LogP) is 1.83. The van der Waals surface area contributed by atoms with Crippen molar-refractivity contribution >= 4 is 11.6 Å². The number of nitrogens with zero attached hydrogens (tertiary/aromatic N) is 2. The maximum absolute atomic E-state index is 12.5. The summed E-state index contributed by atoms with van der Waals surface area (Å²) >= 11 is 0. The molecule has 2 N–H and O–H groups in total. The molecule has 5 nitrogen and oxygen atoms in total. The van der Waals surface area contributed by atoms with E-state index in [1.54, 1.807) is 30.2 Å². The number of nitrogens with two attached hydrogens (primary N) is 1. The van der Waals surface area contributed by atoms with Gasteiger partial charge in [0.1, 0.15) is 5.75 Å². The molecule has 1 amide bonds. The van der Waals surface area contributed by atoms with E-state index in [-0.39, 0.29) is 11.4 Å². The molecule has 1 aromatic carbocycles. The molecule has 1 aromatic rings. The van der Waals surface area contributed by atoms with Crippen LogP contribution in [0.2, 0.25) is 0 Å². The molecule has 0 bridgehead atoms. The SMILES string of the molecule is COc1ccc(C(=O)N(C)CC2(N(C)C)CCC2)cc1N. The lowest BCUT2D eigenvalue weighted by Crippen LogP contribution is -2.57. The van der Waals surface area contributed by atoms with Gasteiger partial charge in [0, 0.05) is 24.7 Å². The van der Waals surface area contributed by atoms with Crippen LogP contribution in [-0.2, 0) is 0 Å². The van der Waals surface area contributed by atoms with Crippen molar-refractivity contribution in [3.05, 3.63) is 23.8 Å². The Labute approximate surface area is 126 Å². The lowest BCUT2D eigenvalue weighted by molar-refractivity contribution is 0.0252. The zero-order valence-electron chi connectivity index (χ0n) is 13.3. The number of amides is 1. The molecular formula is C16H25N3O2. The molecule has 0 spiro atoms. The van der Waals surface area contributed by atoms with Crippen LogP contribution in [0.5, 0.6) is 5.75 Å². The first-order valence-electron chi connectivity index (χ1n) is 7.26. The maximum atomic E-state index is 12.5. The topological polar surface area (TPSA) is 58.8 Å². The Kier molecular flexibility index (Phi) is 4.42. The molecule has 5 heteroatoms. The van der Waals surface area contributed by atoms with Gasteiger partial charge in [-0.2, -0.15) is 0 Å². The molecule has 0 heterocycles. The zero-order chi connectivity index (χ0) is 15.6. The average Bonchev–Trinajstić information content (AvgIpc) is 2.41. The molecule has 0 saturated heterocycles. The number of ether oxygens (including phenoxy) is 1. The summed E-state index contributed by atoms with van der Waals surface area (Å²) < 4.78 is 5.12. The van der Waals surface area contributed by atoms with Gasteiger partial charge in [-0.15, -0.1) is 0 Å². The van der Waals surface area contributed by atoms with Crippen LogP contribution in [-0.4, -0.2) is 56.0 Å². The summed E-state index contributed by atoms with van der Waals surface area (Å²) in [6.07, 6.45) is 3.51. The van der Waals surface area contributed by atoms with Gasteiger partial charge in [0.2, 0.25) is 0 Å². The number of carbonyl (C=O) groups is 1. The Balaban J connectivity index is 2.10. The number of hydrogen-bond acceptors (Lipinski definition) is 4. The van der Waals surface area contributed by atoms with Crippen molar-refractivity contribution in [2.45, 2.75) is 24.8 Å². The quantitative estimate of drug-likeness (QED) is 0.841. The average molecular weight is 291 g/mol. The van der Waals surface area contributed by atoms with Crippen LogP contribution in [0.15, 0.2) is 18.2 Å². The second-order valence-electron chi connectivity index (χ2n) is 6.09. The van der Waals surface area contributed by atoms with Crippen molar-refractivity contribution < 1.29 is 9.53 Å². The number of methoxy groups -OCH3 is 1. The minimum Gasteiger partial charge on any atom is -0.495 e. The van der Waals surface area contributed by atoms with E-state index in [0.717, 1.165) is 19.4 Å². The minimum atomic E-state index is -0.00234. The summed E-state index contributed by atoms with van der Waals surface area (Å²) in [5, 5.41) is 0. The first kappa shape index (κ1) is 15.6. The monoisotopic (exact) mass is 291 g/mol. The maximum Gasteiger partial charge on any atom is 0.253 e. The van der Waals surface area contributed by atoms with Crippen LogP contribution < -0.4 is 10.5 Å². The number of hydrogen-bond donors (Lipinski definition) is 1. The van der Waals surface area contributed by atoms with E-state index in [4.69, 9.17) is 10.5 Å². The van der Waals surface area contributed by atoms with Crippen molar-refractivity contribution in [2.75, 3.05) is 40.5 Å². The standard InChI is InChI=1S/C16H25N3O2/c1-18(2)16(8-5-9-16)11-19(3)15(20)12-6-7-14(21-4)13(17)10-12/h6-7,10H,5,8-9,11,17H2,1-4H3. The van der Waals surface area contributed by atoms with E-state index in [2.05, 4.69) is 19.0 Å². The Morgan fingerprint density at radius 2 is 2.00 bits per heavy atom. The van der Waals surface area contributed by atoms with Gasteiger partial charge in [-0.25, -0.2) is 0 Å². The lowest BCUT2D eigenvalue weighted by Gasteiger charge is -2.49. The van der Waals surface area contributed by atoms with Crippen molar-refractivity contribution in [2.24, 2.45) is 0 Å². The largest absolute Gasteiger partial charge is 0.495 e. The first-order valence-corrected chi connectivity index (χ1v) is 7.26. The smallest absolute Gasteiger partial charge is 0.253 e. The Hall–Kier alpha value is -1.75. The summed E-state index contributed by atoms with van der Waals surface area (Å²) in [6.45, 7) is 0.741. The highest BCUT2D eigenvalue weighted by molar-refractivity contribution is 5.95. The Morgan fingerprint density at radius 3 is 2.43 bits per heavy atom. The fourth-order valence-corrected chi connectivity index (χ4v) is 2.93. The molecule has 116 valence electrons. The zero-order valence-corrected chi connectivity index (χ0v) is 13.3. The van der Waals surface area contributed by atoms with Crippen molar-refractivity contribution in [3.8, 4) is 5.75 Å². The fourth-order valence-electron chi connectivity index (χ4n) is 2.93. The van der Waals surface area contributed by atoms with Gasteiger partial charge < -0.3 is 20.3 Å². The second kappa shape index (κ2) is 5.93. The molecule has 2 rings (SSSR count). The summed E-state index contributed by atoms with van der Waals surface area (Å²) in [6, 6.07) is 5.18. The van der Waals surface area contributed by atoms with Gasteiger partial charge in [-0.05, 0) is 51.6 Å². The van der Waals surface area contributed by atoms with E-state index in [1.807, 2.05) is 7.05 Å². The van der Waals surface area contributed by atoms with Gasteiger partial charge in [0.25, 0.3) is 5.91 Å². The number of rotatable bonds is 5. The predicted molar refractivity (Wildman–Crippen MR) is 84.6 cm³/mol. The summed E-state index contributed by atoms with van der Waals surface area (Å²) in [5.74, 6) is 0.593. The van der Waals surface area contributed by atoms with Crippen molar-refractivity contribution in [1.82, 2.24) is 9.80 Å². The van der Waals surface area contributed by atoms with Crippen LogP contribution in [0.4, 0.5) is 5.69 Å². The summed E-state index contributed by atoms with van der Waals surface area (Å²) in [7, 11) is 7.59. The van der Waals surface area contributed by atoms with Crippen LogP contribution in [0, 0.1) is 0 Å². The minimum absolute atomic E-state index is 0.00234. The first-order chi connectivity index (χ1) is 9.89. The van der Waals surface area contributed by atoms with Gasteiger partial charge in [-0.1, -0.05) is 0 Å². The molecule has 21 heavy (non-hydrogen) atoms. The lowest BCUT2D eigenvalue weighted by atomic mass is 9.75. The number of likely N-dealkylation sites (N-methyl/N-ethyl adjacent to an activating group) is 2. The van der Waals surface area contributed by atoms with Crippen LogP contribution >= 0.6 is 0 Å². The normalized spacial score (nSPS) is 16.4. The van der Waals surface area contributed by atoms with Crippen LogP contribution in [0.3, 0.4) is 0 Å². The second-order valence-corrected chi connectivity index (χ2v) is 6.09. The number of benzene rings is 1. The molecular weight excluding hydrogens is 266 g/mol. The summed E-state index contributed by atoms with van der Waals surface area (Å²) in [5.41, 5.74) is 7.10. The van der Waals surface area contributed by atoms with Crippen LogP contribution in [0.25, 0.3) is 0 Å². The van der Waals surface area contributed by atoms with Crippen molar-refractivity contribution in [3.63, 3.8) is 0 Å². The molecule has 1 saturated carbocycles. The summed E-state index contributed by atoms with van der Waals surface area (Å²) in [4.78, 5) is 16.6. The van der Waals surface area contributed by atoms with Gasteiger partial charge >= 0.3 is 0 Å². The third-order valence-electron chi connectivity index (χ3n) is 4.59. The molecule has 1 aliphatic carbocycles. The van der Waals surface area contributed by atoms with E-state index in [9.17, 15) is 4.79 Å². The van der Waals surface area contributed by atoms with Gasteiger partial charge in [-0.3, -0.25) is 4.79 Å². The third-order valence-corrected chi connectivity index (χ3v) is 4.59. The Morgan fingerprint density at radius 1 is 1.33 bits per heavy atom. The molecule has 0 aromatic heterocycles. The number of carbonyl (C=O) groups excluding carboxylic acids is 1. The van der Waals surface area contributed by atoms with E-state index in [0.29, 0.717) is 17.0 Å². The highest BCUT2D eigenvalue weighted by atomic mass is 16.5. The van der Waals surface area contributed by atoms with Crippen LogP contribution in [0.1, 0.15) is 29.6 Å². The molecule has 1 fully saturated rings. The number of nitrogen functional groups attached to an aromatic ring is 1. The van der Waals surface area contributed by atoms with E-state index in [1.165, 1.54) is 6.42 Å².